The number of hydrogen-bond donors (Lipinski definition) is 2. The first-order chi connectivity index (χ1) is 20.2. The molecule has 3 aromatic rings. The zero-order valence-electron chi connectivity index (χ0n) is 22.4. The second kappa shape index (κ2) is 9.91. The van der Waals surface area contributed by atoms with Crippen molar-refractivity contribution in [3.8, 4) is 11.5 Å². The smallest absolute Gasteiger partial charge is 0.233 e. The summed E-state index contributed by atoms with van der Waals surface area (Å²) in [4.78, 5) is 55.9. The van der Waals surface area contributed by atoms with E-state index in [1.165, 1.54) is 11.0 Å². The van der Waals surface area contributed by atoms with Crippen molar-refractivity contribution in [2.24, 2.45) is 17.8 Å². The molecule has 1 aliphatic heterocycles. The third kappa shape index (κ3) is 4.00. The summed E-state index contributed by atoms with van der Waals surface area (Å²) in [5.41, 5.74) is 3.33. The van der Waals surface area contributed by atoms with Crippen LogP contribution in [-0.2, 0) is 25.6 Å². The number of halogens is 1. The van der Waals surface area contributed by atoms with Crippen molar-refractivity contribution in [2.75, 3.05) is 6.54 Å². The van der Waals surface area contributed by atoms with E-state index < -0.39 is 23.7 Å². The van der Waals surface area contributed by atoms with Crippen molar-refractivity contribution < 1.29 is 29.4 Å². The maximum atomic E-state index is 14.0. The number of fused-ring (bicyclic) bond motifs is 4. The number of nitrogens with zero attached hydrogens (tertiary/aromatic N) is 1. The number of amides is 2. The topological polar surface area (TPSA) is 112 Å². The first-order valence-corrected chi connectivity index (χ1v) is 14.8. The Balaban J connectivity index is 1.31. The minimum atomic E-state index is -0.634. The minimum absolute atomic E-state index is 0.114. The highest BCUT2D eigenvalue weighted by atomic mass is 79.9. The highest BCUT2D eigenvalue weighted by Gasteiger charge is 2.56. The third-order valence-electron chi connectivity index (χ3n) is 9.23. The highest BCUT2D eigenvalue weighted by Crippen LogP contribution is 2.56. The van der Waals surface area contributed by atoms with Gasteiger partial charge in [0.05, 0.1) is 16.3 Å². The lowest BCUT2D eigenvalue weighted by Gasteiger charge is -2.42. The van der Waals surface area contributed by atoms with E-state index in [9.17, 15) is 29.4 Å². The average molecular weight is 624 g/mol. The van der Waals surface area contributed by atoms with Gasteiger partial charge in [-0.3, -0.25) is 24.1 Å². The van der Waals surface area contributed by atoms with Gasteiger partial charge in [-0.05, 0) is 75.8 Å². The number of carbonyl (C=O) groups excluding carboxylic acids is 4. The Bertz CT molecular complexity index is 1820. The van der Waals surface area contributed by atoms with Crippen LogP contribution in [0, 0.1) is 17.8 Å². The molecule has 3 aromatic carbocycles. The molecule has 42 heavy (non-hydrogen) atoms. The summed E-state index contributed by atoms with van der Waals surface area (Å²) in [6, 6.07) is 17.5. The highest BCUT2D eigenvalue weighted by molar-refractivity contribution is 9.12. The van der Waals surface area contributed by atoms with Gasteiger partial charge >= 0.3 is 0 Å². The van der Waals surface area contributed by atoms with E-state index in [1.807, 2.05) is 30.3 Å². The molecule has 0 spiro atoms. The Kier molecular flexibility index (Phi) is 6.27. The standard InChI is InChI=1S/C34H26BrNO6/c35-26-16-28(39)31-25(32(26)40)15-24-22(29(31)21-11-12-27(38)20-4-2-1-3-19(20)21)9-10-23-30(24)34(42)36(33(23)41)14-13-17-5-7-18(37)8-6-17/h1-9,11-12,16,23-24,29-30,37-38H,10,13-15H2. The van der Waals surface area contributed by atoms with E-state index in [4.69, 9.17) is 0 Å². The number of phenolic OH excluding ortho intramolecular Hbond substituents is 2. The van der Waals surface area contributed by atoms with Crippen molar-refractivity contribution in [1.82, 2.24) is 4.90 Å². The van der Waals surface area contributed by atoms with E-state index in [0.717, 1.165) is 22.1 Å². The fourth-order valence-electron chi connectivity index (χ4n) is 7.31. The Morgan fingerprint density at radius 3 is 2.36 bits per heavy atom. The van der Waals surface area contributed by atoms with Crippen molar-refractivity contribution in [3.05, 3.63) is 105 Å². The van der Waals surface area contributed by atoms with Crippen LogP contribution in [0.1, 0.15) is 29.9 Å². The average Bonchev–Trinajstić information content (AvgIpc) is 3.24. The molecule has 7 nitrogen and oxygen atoms in total. The first-order valence-electron chi connectivity index (χ1n) is 14.0. The van der Waals surface area contributed by atoms with Crippen LogP contribution in [0.2, 0.25) is 0 Å². The lowest BCUT2D eigenvalue weighted by atomic mass is 9.59. The quantitative estimate of drug-likeness (QED) is 0.233. The molecule has 2 N–H and O–H groups in total. The number of hydrogen-bond acceptors (Lipinski definition) is 6. The molecule has 0 saturated carbocycles. The van der Waals surface area contributed by atoms with Crippen molar-refractivity contribution in [1.29, 1.82) is 0 Å². The summed E-state index contributed by atoms with van der Waals surface area (Å²) in [5, 5.41) is 21.6. The zero-order chi connectivity index (χ0) is 29.3. The summed E-state index contributed by atoms with van der Waals surface area (Å²) in [5.74, 6) is -2.91. The van der Waals surface area contributed by atoms with Gasteiger partial charge in [0.2, 0.25) is 11.8 Å². The summed E-state index contributed by atoms with van der Waals surface area (Å²) < 4.78 is 0.185. The van der Waals surface area contributed by atoms with Crippen LogP contribution >= 0.6 is 15.9 Å². The number of likely N-dealkylation sites (tertiary alicyclic amines) is 1. The van der Waals surface area contributed by atoms with Gasteiger partial charge in [-0.25, -0.2) is 0 Å². The molecule has 2 amide bonds. The predicted molar refractivity (Wildman–Crippen MR) is 159 cm³/mol. The van der Waals surface area contributed by atoms with E-state index >= 15 is 0 Å². The molecule has 1 saturated heterocycles. The van der Waals surface area contributed by atoms with E-state index in [0.29, 0.717) is 29.4 Å². The number of ketones is 2. The van der Waals surface area contributed by atoms with Gasteiger partial charge < -0.3 is 10.2 Å². The van der Waals surface area contributed by atoms with Gasteiger partial charge in [0.15, 0.2) is 11.6 Å². The van der Waals surface area contributed by atoms with E-state index in [1.54, 1.807) is 36.4 Å². The molecule has 1 fully saturated rings. The van der Waals surface area contributed by atoms with Crippen molar-refractivity contribution in [3.63, 3.8) is 0 Å². The molecule has 4 atom stereocenters. The van der Waals surface area contributed by atoms with Crippen LogP contribution in [-0.4, -0.2) is 45.0 Å². The molecule has 7 rings (SSSR count). The number of benzene rings is 3. The van der Waals surface area contributed by atoms with E-state index in [-0.39, 0.29) is 52.3 Å². The molecular formula is C34H26BrNO6. The lowest BCUT2D eigenvalue weighted by Crippen LogP contribution is -2.39. The Morgan fingerprint density at radius 2 is 1.60 bits per heavy atom. The van der Waals surface area contributed by atoms with Crippen molar-refractivity contribution in [2.45, 2.75) is 25.2 Å². The number of allylic oxidation sites excluding steroid dienone is 6. The Hall–Kier alpha value is -4.30. The van der Waals surface area contributed by atoms with Gasteiger partial charge in [0, 0.05) is 35.1 Å². The molecule has 0 aromatic heterocycles. The number of aromatic hydroxyl groups is 2. The first kappa shape index (κ1) is 26.6. The molecule has 0 radical (unpaired) electrons. The summed E-state index contributed by atoms with van der Waals surface area (Å²) in [6.45, 7) is 0.225. The Morgan fingerprint density at radius 1 is 0.857 bits per heavy atom. The SMILES string of the molecule is O=C1C=C(Br)C(=O)C2=C1C(c1ccc(O)c3ccccc13)C1=CCC3C(=O)N(CCc4ccc(O)cc4)C(=O)C3C1C2. The van der Waals surface area contributed by atoms with Crippen molar-refractivity contribution >= 4 is 50.1 Å². The fraction of sp³-hybridized carbons (Fsp3) is 0.235. The second-order valence-electron chi connectivity index (χ2n) is 11.4. The fourth-order valence-corrected chi connectivity index (χ4v) is 7.76. The van der Waals surface area contributed by atoms with Gasteiger partial charge in [-0.2, -0.15) is 0 Å². The molecule has 1 heterocycles. The number of rotatable bonds is 4. The monoisotopic (exact) mass is 623 g/mol. The summed E-state index contributed by atoms with van der Waals surface area (Å²) in [6.07, 6.45) is 4.35. The molecule has 8 heteroatoms. The largest absolute Gasteiger partial charge is 0.508 e. The maximum absolute atomic E-state index is 14.0. The maximum Gasteiger partial charge on any atom is 0.233 e. The van der Waals surface area contributed by atoms with Crippen LogP contribution in [0.25, 0.3) is 10.8 Å². The van der Waals surface area contributed by atoms with Gasteiger partial charge in [-0.1, -0.05) is 54.1 Å². The van der Waals surface area contributed by atoms with Crippen LogP contribution in [0.3, 0.4) is 0 Å². The Labute approximate surface area is 250 Å². The predicted octanol–water partition coefficient (Wildman–Crippen LogP) is 5.26. The van der Waals surface area contributed by atoms with Crippen LogP contribution < -0.4 is 0 Å². The number of imide groups is 1. The van der Waals surface area contributed by atoms with Gasteiger partial charge in [-0.15, -0.1) is 0 Å². The minimum Gasteiger partial charge on any atom is -0.508 e. The third-order valence-corrected chi connectivity index (χ3v) is 9.82. The molecule has 4 aliphatic rings. The number of carbonyl (C=O) groups is 4. The lowest BCUT2D eigenvalue weighted by molar-refractivity contribution is -0.140. The van der Waals surface area contributed by atoms with E-state index in [2.05, 4.69) is 15.9 Å². The zero-order valence-corrected chi connectivity index (χ0v) is 24.0. The molecule has 3 aliphatic carbocycles. The number of phenols is 2. The molecule has 210 valence electrons. The van der Waals surface area contributed by atoms with Gasteiger partial charge in [0.25, 0.3) is 0 Å². The molecule has 4 unspecified atom stereocenters. The molecule has 0 bridgehead atoms. The van der Waals surface area contributed by atoms with Crippen LogP contribution in [0.15, 0.2) is 94.0 Å². The second-order valence-corrected chi connectivity index (χ2v) is 12.2. The number of Topliss-reactive ketones (excluding diaryl/α,β-unsaturated/α-hetero) is 1. The van der Waals surface area contributed by atoms with Crippen LogP contribution in [0.4, 0.5) is 0 Å². The van der Waals surface area contributed by atoms with Gasteiger partial charge in [0.1, 0.15) is 11.5 Å². The van der Waals surface area contributed by atoms with Crippen LogP contribution in [0.5, 0.6) is 11.5 Å². The summed E-state index contributed by atoms with van der Waals surface area (Å²) >= 11 is 3.27. The molecular weight excluding hydrogens is 598 g/mol. The normalized spacial score (nSPS) is 25.3. The summed E-state index contributed by atoms with van der Waals surface area (Å²) in [7, 11) is 0.